The molecule has 2 aliphatic rings. The van der Waals surface area contributed by atoms with E-state index in [9.17, 15) is 9.90 Å². The van der Waals surface area contributed by atoms with Crippen LogP contribution in [-0.4, -0.2) is 23.5 Å². The standard InChI is InChI=1S/C13H14O5/c1-7-11(18-12(14)13(7,2)15)8-3-4-9-10(5-8)17-6-16-9/h3-5,7,11,15H,6H2,1-2H3/t7-,11+,13+/m0/s1. The van der Waals surface area contributed by atoms with Crippen LogP contribution >= 0.6 is 0 Å². The molecule has 2 heterocycles. The lowest BCUT2D eigenvalue weighted by Gasteiger charge is -2.20. The summed E-state index contributed by atoms with van der Waals surface area (Å²) in [5.74, 6) is 0.424. The average molecular weight is 250 g/mol. The molecule has 1 N–H and O–H groups in total. The molecule has 1 aromatic rings. The van der Waals surface area contributed by atoms with Crippen molar-refractivity contribution in [2.24, 2.45) is 5.92 Å². The Labute approximate surface area is 104 Å². The molecule has 0 amide bonds. The number of rotatable bonds is 1. The van der Waals surface area contributed by atoms with Crippen LogP contribution in [0.3, 0.4) is 0 Å². The topological polar surface area (TPSA) is 65.0 Å². The molecule has 1 saturated heterocycles. The second-order valence-electron chi connectivity index (χ2n) is 4.87. The molecular weight excluding hydrogens is 236 g/mol. The molecule has 0 unspecified atom stereocenters. The van der Waals surface area contributed by atoms with Gasteiger partial charge in [-0.25, -0.2) is 4.79 Å². The first-order chi connectivity index (χ1) is 8.50. The third-order valence-corrected chi connectivity index (χ3v) is 3.71. The number of hydrogen-bond acceptors (Lipinski definition) is 5. The van der Waals surface area contributed by atoms with E-state index in [1.807, 2.05) is 6.07 Å². The molecule has 5 heteroatoms. The van der Waals surface area contributed by atoms with Crippen molar-refractivity contribution in [1.82, 2.24) is 0 Å². The first kappa shape index (κ1) is 11.3. The summed E-state index contributed by atoms with van der Waals surface area (Å²) in [6.07, 6.45) is -0.456. The van der Waals surface area contributed by atoms with E-state index in [4.69, 9.17) is 14.2 Å². The summed E-state index contributed by atoms with van der Waals surface area (Å²) in [7, 11) is 0. The van der Waals surface area contributed by atoms with Crippen molar-refractivity contribution in [2.45, 2.75) is 25.6 Å². The van der Waals surface area contributed by atoms with E-state index >= 15 is 0 Å². The number of ether oxygens (including phenoxy) is 3. The summed E-state index contributed by atoms with van der Waals surface area (Å²) in [5.41, 5.74) is -0.640. The van der Waals surface area contributed by atoms with Gasteiger partial charge in [0.2, 0.25) is 6.79 Å². The molecule has 1 aromatic carbocycles. The summed E-state index contributed by atoms with van der Waals surface area (Å²) < 4.78 is 15.8. The van der Waals surface area contributed by atoms with Crippen LogP contribution in [0, 0.1) is 5.92 Å². The molecule has 3 atom stereocenters. The highest BCUT2D eigenvalue weighted by Gasteiger charge is 2.51. The fourth-order valence-electron chi connectivity index (χ4n) is 2.26. The van der Waals surface area contributed by atoms with Crippen LogP contribution in [0.2, 0.25) is 0 Å². The van der Waals surface area contributed by atoms with E-state index in [-0.39, 0.29) is 12.7 Å². The van der Waals surface area contributed by atoms with Crippen LogP contribution in [-0.2, 0) is 9.53 Å². The van der Waals surface area contributed by atoms with Crippen LogP contribution in [0.15, 0.2) is 18.2 Å². The van der Waals surface area contributed by atoms with E-state index in [2.05, 4.69) is 0 Å². The molecule has 3 rings (SSSR count). The van der Waals surface area contributed by atoms with Crippen molar-refractivity contribution in [1.29, 1.82) is 0 Å². The molecule has 5 nitrogen and oxygen atoms in total. The van der Waals surface area contributed by atoms with Gasteiger partial charge in [0.05, 0.1) is 0 Å². The van der Waals surface area contributed by atoms with Gasteiger partial charge in [-0.05, 0) is 24.6 Å². The normalized spacial score (nSPS) is 33.6. The number of carbonyl (C=O) groups excluding carboxylic acids is 1. The van der Waals surface area contributed by atoms with Gasteiger partial charge in [-0.1, -0.05) is 13.0 Å². The highest BCUT2D eigenvalue weighted by atomic mass is 16.7. The first-order valence-corrected chi connectivity index (χ1v) is 5.83. The molecule has 18 heavy (non-hydrogen) atoms. The van der Waals surface area contributed by atoms with Gasteiger partial charge in [-0.2, -0.15) is 0 Å². The SMILES string of the molecule is C[C@H]1[C@H](c2ccc3c(c2)OCO3)OC(=O)[C@]1(C)O. The Kier molecular flexibility index (Phi) is 2.28. The van der Waals surface area contributed by atoms with Crippen LogP contribution in [0.1, 0.15) is 25.5 Å². The van der Waals surface area contributed by atoms with Crippen molar-refractivity contribution in [3.05, 3.63) is 23.8 Å². The quantitative estimate of drug-likeness (QED) is 0.763. The minimum Gasteiger partial charge on any atom is -0.455 e. The Morgan fingerprint density at radius 2 is 2.06 bits per heavy atom. The Hall–Kier alpha value is -1.75. The number of aliphatic hydroxyl groups is 1. The molecule has 0 saturated carbocycles. The third-order valence-electron chi connectivity index (χ3n) is 3.71. The van der Waals surface area contributed by atoms with E-state index in [1.165, 1.54) is 6.92 Å². The first-order valence-electron chi connectivity index (χ1n) is 5.83. The maximum atomic E-state index is 11.6. The number of esters is 1. The number of fused-ring (bicyclic) bond motifs is 1. The summed E-state index contributed by atoms with van der Waals surface area (Å²) in [5, 5.41) is 10.0. The summed E-state index contributed by atoms with van der Waals surface area (Å²) in [6.45, 7) is 3.48. The van der Waals surface area contributed by atoms with Gasteiger partial charge in [0.1, 0.15) is 6.10 Å². The molecular formula is C13H14O5. The van der Waals surface area contributed by atoms with Crippen LogP contribution < -0.4 is 9.47 Å². The van der Waals surface area contributed by atoms with Crippen molar-refractivity contribution in [3.63, 3.8) is 0 Å². The lowest BCUT2D eigenvalue weighted by molar-refractivity contribution is -0.154. The Balaban J connectivity index is 1.95. The summed E-state index contributed by atoms with van der Waals surface area (Å²) in [6, 6.07) is 5.40. The Morgan fingerprint density at radius 1 is 1.33 bits per heavy atom. The van der Waals surface area contributed by atoms with Crippen molar-refractivity contribution >= 4 is 5.97 Å². The summed E-state index contributed by atoms with van der Waals surface area (Å²) in [4.78, 5) is 11.6. The molecule has 0 aliphatic carbocycles. The van der Waals surface area contributed by atoms with Crippen LogP contribution in [0.5, 0.6) is 11.5 Å². The van der Waals surface area contributed by atoms with Gasteiger partial charge < -0.3 is 19.3 Å². The predicted octanol–water partition coefficient (Wildman–Crippen LogP) is 1.40. The van der Waals surface area contributed by atoms with Crippen molar-refractivity contribution in [2.75, 3.05) is 6.79 Å². The highest BCUT2D eigenvalue weighted by Crippen LogP contribution is 2.44. The van der Waals surface area contributed by atoms with Crippen molar-refractivity contribution in [3.8, 4) is 11.5 Å². The largest absolute Gasteiger partial charge is 0.455 e. The van der Waals surface area contributed by atoms with Gasteiger partial charge in [0.25, 0.3) is 0 Å². The zero-order chi connectivity index (χ0) is 12.9. The van der Waals surface area contributed by atoms with Gasteiger partial charge in [0, 0.05) is 5.92 Å². The van der Waals surface area contributed by atoms with Crippen LogP contribution in [0.25, 0.3) is 0 Å². The number of hydrogen-bond donors (Lipinski definition) is 1. The number of cyclic esters (lactones) is 1. The zero-order valence-electron chi connectivity index (χ0n) is 10.2. The molecule has 96 valence electrons. The fourth-order valence-corrected chi connectivity index (χ4v) is 2.26. The van der Waals surface area contributed by atoms with Crippen LogP contribution in [0.4, 0.5) is 0 Å². The van der Waals surface area contributed by atoms with Gasteiger partial charge in [-0.15, -0.1) is 0 Å². The molecule has 0 spiro atoms. The Bertz CT molecular complexity index is 508. The van der Waals surface area contributed by atoms with E-state index in [0.29, 0.717) is 11.5 Å². The number of benzene rings is 1. The molecule has 0 aromatic heterocycles. The fraction of sp³-hybridized carbons (Fsp3) is 0.462. The molecule has 0 radical (unpaired) electrons. The van der Waals surface area contributed by atoms with Crippen molar-refractivity contribution < 1.29 is 24.1 Å². The van der Waals surface area contributed by atoms with Gasteiger partial charge >= 0.3 is 5.97 Å². The zero-order valence-corrected chi connectivity index (χ0v) is 10.2. The molecule has 1 fully saturated rings. The maximum absolute atomic E-state index is 11.6. The molecule has 0 bridgehead atoms. The Morgan fingerprint density at radius 3 is 2.72 bits per heavy atom. The van der Waals surface area contributed by atoms with Gasteiger partial charge in [-0.3, -0.25) is 0 Å². The number of carbonyl (C=O) groups is 1. The lowest BCUT2D eigenvalue weighted by Crippen LogP contribution is -2.35. The van der Waals surface area contributed by atoms with E-state index in [0.717, 1.165) is 5.56 Å². The average Bonchev–Trinajstić information content (AvgIpc) is 2.87. The maximum Gasteiger partial charge on any atom is 0.338 e. The van der Waals surface area contributed by atoms with E-state index in [1.54, 1.807) is 19.1 Å². The monoisotopic (exact) mass is 250 g/mol. The molecule has 2 aliphatic heterocycles. The predicted molar refractivity (Wildman–Crippen MR) is 61.2 cm³/mol. The summed E-state index contributed by atoms with van der Waals surface area (Å²) >= 11 is 0. The minimum absolute atomic E-state index is 0.205. The second kappa shape index (κ2) is 3.62. The second-order valence-corrected chi connectivity index (χ2v) is 4.87. The van der Waals surface area contributed by atoms with Gasteiger partial charge in [0.15, 0.2) is 17.1 Å². The van der Waals surface area contributed by atoms with E-state index < -0.39 is 17.7 Å². The smallest absolute Gasteiger partial charge is 0.338 e. The minimum atomic E-state index is -1.44. The highest BCUT2D eigenvalue weighted by molar-refractivity contribution is 5.81. The third kappa shape index (κ3) is 1.47. The lowest BCUT2D eigenvalue weighted by atomic mass is 9.86.